The number of hydrogen-bond donors (Lipinski definition) is 2. The van der Waals surface area contributed by atoms with Gasteiger partial charge in [-0.15, -0.1) is 0 Å². The zero-order valence-corrected chi connectivity index (χ0v) is 11.0. The summed E-state index contributed by atoms with van der Waals surface area (Å²) in [6.07, 6.45) is 4.01. The molecule has 6 heteroatoms. The number of anilines is 1. The maximum atomic E-state index is 11.4. The second-order valence-corrected chi connectivity index (χ2v) is 4.66. The lowest BCUT2D eigenvalue weighted by Gasteiger charge is -2.36. The van der Waals surface area contributed by atoms with E-state index in [4.69, 9.17) is 10.8 Å². The minimum Gasteiger partial charge on any atom is -0.396 e. The number of carbonyl (C=O) groups is 1. The van der Waals surface area contributed by atoms with Crippen LogP contribution in [0.3, 0.4) is 0 Å². The average molecular weight is 264 g/mol. The molecule has 0 bridgehead atoms. The standard InChI is InChI=1S/C13H20N4O2/c14-13(19)11-10-15-3-2-12(11)17-7-5-16(6-8-17)4-1-9-18/h2-3,10,18H,1,4-9H2,(H2,14,19). The van der Waals surface area contributed by atoms with Crippen LogP contribution in [0.25, 0.3) is 0 Å². The van der Waals surface area contributed by atoms with Crippen LogP contribution in [0.5, 0.6) is 0 Å². The Bertz CT molecular complexity index is 430. The normalized spacial score (nSPS) is 16.6. The summed E-state index contributed by atoms with van der Waals surface area (Å²) >= 11 is 0. The Morgan fingerprint density at radius 2 is 2.11 bits per heavy atom. The molecule has 0 atom stereocenters. The lowest BCUT2D eigenvalue weighted by molar-refractivity contribution is 0.1000. The van der Waals surface area contributed by atoms with Crippen LogP contribution in [0.4, 0.5) is 5.69 Å². The van der Waals surface area contributed by atoms with Crippen molar-refractivity contribution in [1.82, 2.24) is 9.88 Å². The monoisotopic (exact) mass is 264 g/mol. The highest BCUT2D eigenvalue weighted by Gasteiger charge is 2.20. The molecule has 0 aromatic carbocycles. The largest absolute Gasteiger partial charge is 0.396 e. The van der Waals surface area contributed by atoms with Gasteiger partial charge in [-0.25, -0.2) is 0 Å². The van der Waals surface area contributed by atoms with Crippen molar-refractivity contribution in [2.45, 2.75) is 6.42 Å². The van der Waals surface area contributed by atoms with Crippen molar-refractivity contribution in [3.05, 3.63) is 24.0 Å². The average Bonchev–Trinajstić information content (AvgIpc) is 2.45. The van der Waals surface area contributed by atoms with Crippen molar-refractivity contribution in [2.75, 3.05) is 44.2 Å². The van der Waals surface area contributed by atoms with Gasteiger partial charge in [-0.2, -0.15) is 0 Å². The molecule has 104 valence electrons. The van der Waals surface area contributed by atoms with E-state index < -0.39 is 5.91 Å². The minimum absolute atomic E-state index is 0.233. The zero-order valence-electron chi connectivity index (χ0n) is 11.0. The first kappa shape index (κ1) is 13.8. The highest BCUT2D eigenvalue weighted by atomic mass is 16.3. The topological polar surface area (TPSA) is 82.7 Å². The van der Waals surface area contributed by atoms with E-state index >= 15 is 0 Å². The molecular weight excluding hydrogens is 244 g/mol. The van der Waals surface area contributed by atoms with E-state index in [2.05, 4.69) is 14.8 Å². The number of hydrogen-bond acceptors (Lipinski definition) is 5. The predicted molar refractivity (Wildman–Crippen MR) is 73.1 cm³/mol. The van der Waals surface area contributed by atoms with Gasteiger partial charge in [0.25, 0.3) is 5.91 Å². The van der Waals surface area contributed by atoms with Gasteiger partial charge in [0.15, 0.2) is 0 Å². The van der Waals surface area contributed by atoms with Crippen molar-refractivity contribution in [3.63, 3.8) is 0 Å². The van der Waals surface area contributed by atoms with Gasteiger partial charge in [0.2, 0.25) is 0 Å². The molecule has 0 spiro atoms. The van der Waals surface area contributed by atoms with Crippen molar-refractivity contribution in [3.8, 4) is 0 Å². The first-order chi connectivity index (χ1) is 9.22. The first-order valence-corrected chi connectivity index (χ1v) is 6.54. The van der Waals surface area contributed by atoms with Crippen molar-refractivity contribution < 1.29 is 9.90 Å². The Hall–Kier alpha value is -1.66. The van der Waals surface area contributed by atoms with Crippen LogP contribution in [0.1, 0.15) is 16.8 Å². The highest BCUT2D eigenvalue weighted by molar-refractivity contribution is 5.98. The van der Waals surface area contributed by atoms with Gasteiger partial charge in [-0.05, 0) is 12.5 Å². The molecule has 0 saturated carbocycles. The van der Waals surface area contributed by atoms with Gasteiger partial charge in [-0.1, -0.05) is 0 Å². The Labute approximate surface area is 112 Å². The fourth-order valence-electron chi connectivity index (χ4n) is 2.36. The van der Waals surface area contributed by atoms with Crippen LogP contribution in [-0.4, -0.2) is 60.2 Å². The van der Waals surface area contributed by atoms with Crippen LogP contribution in [0.2, 0.25) is 0 Å². The number of nitrogens with zero attached hydrogens (tertiary/aromatic N) is 3. The summed E-state index contributed by atoms with van der Waals surface area (Å²) in [6, 6.07) is 1.84. The second-order valence-electron chi connectivity index (χ2n) is 4.66. The summed E-state index contributed by atoms with van der Waals surface area (Å²) in [5.41, 5.74) is 6.71. The van der Waals surface area contributed by atoms with E-state index in [0.717, 1.165) is 44.8 Å². The van der Waals surface area contributed by atoms with Crippen LogP contribution < -0.4 is 10.6 Å². The second kappa shape index (κ2) is 6.49. The van der Waals surface area contributed by atoms with Gasteiger partial charge in [0, 0.05) is 51.7 Å². The molecule has 0 radical (unpaired) electrons. The molecule has 1 fully saturated rings. The molecule has 1 amide bonds. The molecule has 1 aromatic rings. The summed E-state index contributed by atoms with van der Waals surface area (Å²) in [5, 5.41) is 8.83. The Morgan fingerprint density at radius 3 is 2.74 bits per heavy atom. The molecule has 1 aromatic heterocycles. The summed E-state index contributed by atoms with van der Waals surface area (Å²) in [5.74, 6) is -0.439. The number of aliphatic hydroxyl groups excluding tert-OH is 1. The van der Waals surface area contributed by atoms with Crippen LogP contribution in [0.15, 0.2) is 18.5 Å². The maximum absolute atomic E-state index is 11.4. The van der Waals surface area contributed by atoms with E-state index in [1.807, 2.05) is 6.07 Å². The van der Waals surface area contributed by atoms with Crippen LogP contribution in [-0.2, 0) is 0 Å². The first-order valence-electron chi connectivity index (χ1n) is 6.54. The molecule has 1 aliphatic heterocycles. The van der Waals surface area contributed by atoms with Crippen LogP contribution in [0, 0.1) is 0 Å². The molecule has 2 rings (SSSR count). The molecule has 3 N–H and O–H groups in total. The molecule has 1 saturated heterocycles. The minimum atomic E-state index is -0.439. The molecule has 0 unspecified atom stereocenters. The van der Waals surface area contributed by atoms with E-state index in [-0.39, 0.29) is 6.61 Å². The van der Waals surface area contributed by atoms with Gasteiger partial charge < -0.3 is 15.7 Å². The smallest absolute Gasteiger partial charge is 0.252 e. The number of aromatic nitrogens is 1. The number of pyridine rings is 1. The fourth-order valence-corrected chi connectivity index (χ4v) is 2.36. The highest BCUT2D eigenvalue weighted by Crippen LogP contribution is 2.20. The van der Waals surface area contributed by atoms with Crippen molar-refractivity contribution in [2.24, 2.45) is 5.73 Å². The lowest BCUT2D eigenvalue weighted by atomic mass is 10.1. The van der Waals surface area contributed by atoms with Crippen molar-refractivity contribution in [1.29, 1.82) is 0 Å². The lowest BCUT2D eigenvalue weighted by Crippen LogP contribution is -2.47. The fraction of sp³-hybridized carbons (Fsp3) is 0.538. The van der Waals surface area contributed by atoms with Gasteiger partial charge in [0.05, 0.1) is 11.3 Å². The summed E-state index contributed by atoms with van der Waals surface area (Å²) < 4.78 is 0. The molecular formula is C13H20N4O2. The Morgan fingerprint density at radius 1 is 1.37 bits per heavy atom. The molecule has 6 nitrogen and oxygen atoms in total. The number of aliphatic hydroxyl groups is 1. The number of rotatable bonds is 5. The van der Waals surface area contributed by atoms with Gasteiger partial charge in [-0.3, -0.25) is 14.7 Å². The summed E-state index contributed by atoms with van der Waals surface area (Å²) in [4.78, 5) is 19.8. The number of nitrogens with two attached hydrogens (primary N) is 1. The zero-order chi connectivity index (χ0) is 13.7. The SMILES string of the molecule is NC(=O)c1cnccc1N1CCN(CCCO)CC1. The van der Waals surface area contributed by atoms with Gasteiger partial charge in [0.1, 0.15) is 0 Å². The quantitative estimate of drug-likeness (QED) is 0.762. The number of carbonyl (C=O) groups excluding carboxylic acids is 1. The molecule has 0 aliphatic carbocycles. The maximum Gasteiger partial charge on any atom is 0.252 e. The molecule has 1 aliphatic rings. The number of amides is 1. The third-order valence-electron chi connectivity index (χ3n) is 3.41. The predicted octanol–water partition coefficient (Wildman–Crippen LogP) is -0.315. The van der Waals surface area contributed by atoms with Gasteiger partial charge >= 0.3 is 0 Å². The third kappa shape index (κ3) is 3.42. The Kier molecular flexibility index (Phi) is 4.70. The van der Waals surface area contributed by atoms with E-state index in [9.17, 15) is 4.79 Å². The molecule has 2 heterocycles. The Balaban J connectivity index is 2.00. The summed E-state index contributed by atoms with van der Waals surface area (Å²) in [7, 11) is 0. The number of piperazine rings is 1. The van der Waals surface area contributed by atoms with E-state index in [1.54, 1.807) is 6.20 Å². The van der Waals surface area contributed by atoms with Crippen LogP contribution >= 0.6 is 0 Å². The summed E-state index contributed by atoms with van der Waals surface area (Å²) in [6.45, 7) is 4.73. The molecule has 19 heavy (non-hydrogen) atoms. The van der Waals surface area contributed by atoms with Crippen molar-refractivity contribution >= 4 is 11.6 Å². The third-order valence-corrected chi connectivity index (χ3v) is 3.41. The van der Waals surface area contributed by atoms with E-state index in [0.29, 0.717) is 5.56 Å². The number of primary amides is 1. The van der Waals surface area contributed by atoms with E-state index in [1.165, 1.54) is 6.20 Å².